The van der Waals surface area contributed by atoms with Gasteiger partial charge in [0.15, 0.2) is 24.0 Å². The van der Waals surface area contributed by atoms with Gasteiger partial charge in [-0.25, -0.2) is 0 Å². The molecule has 0 bridgehead atoms. The number of para-hydroxylation sites is 2. The monoisotopic (exact) mass is 501 g/mol. The quantitative estimate of drug-likeness (QED) is 0.614. The maximum atomic E-state index is 13.7. The summed E-state index contributed by atoms with van der Waals surface area (Å²) in [5, 5.41) is 3.04. The number of hydrogen-bond donors (Lipinski definition) is 1. The number of nitrogens with one attached hydrogen (secondary N) is 1. The first-order chi connectivity index (χ1) is 17.5. The minimum atomic E-state index is -0.877. The van der Waals surface area contributed by atoms with Gasteiger partial charge in [0, 0.05) is 25.7 Å². The molecule has 0 radical (unpaired) electrons. The summed E-state index contributed by atoms with van der Waals surface area (Å²) >= 11 is 0. The van der Waals surface area contributed by atoms with Crippen LogP contribution in [0.2, 0.25) is 0 Å². The molecule has 2 aliphatic carbocycles. The molecule has 8 nitrogen and oxygen atoms in total. The lowest BCUT2D eigenvalue weighted by molar-refractivity contribution is -0.246. The van der Waals surface area contributed by atoms with Gasteiger partial charge < -0.3 is 33.7 Å². The third-order valence-corrected chi connectivity index (χ3v) is 8.08. The average Bonchev–Trinajstić information content (AvgIpc) is 3.41. The number of carbonyl (C=O) groups is 1. The first kappa shape index (κ1) is 24.6. The highest BCUT2D eigenvalue weighted by Crippen LogP contribution is 2.51. The van der Waals surface area contributed by atoms with Crippen molar-refractivity contribution in [1.82, 2.24) is 0 Å². The number of benzene rings is 1. The maximum absolute atomic E-state index is 13.7. The van der Waals surface area contributed by atoms with Crippen molar-refractivity contribution >= 4 is 11.6 Å². The molecule has 0 unspecified atom stereocenters. The van der Waals surface area contributed by atoms with E-state index in [1.165, 1.54) is 12.8 Å². The first-order valence-corrected chi connectivity index (χ1v) is 13.9. The van der Waals surface area contributed by atoms with E-state index in [9.17, 15) is 4.79 Å². The molecule has 6 rings (SSSR count). The van der Waals surface area contributed by atoms with Crippen molar-refractivity contribution in [2.24, 2.45) is 5.92 Å². The Hall–Kier alpha value is -1.71. The van der Waals surface area contributed by atoms with Crippen LogP contribution in [0.3, 0.4) is 0 Å². The van der Waals surface area contributed by atoms with Crippen LogP contribution >= 0.6 is 0 Å². The molecule has 3 heterocycles. The Labute approximate surface area is 213 Å². The highest BCUT2D eigenvalue weighted by Gasteiger charge is 2.65. The van der Waals surface area contributed by atoms with Crippen LogP contribution in [0, 0.1) is 5.92 Å². The number of carbonyl (C=O) groups excluding carboxylic acids is 1. The Morgan fingerprint density at radius 2 is 1.50 bits per heavy atom. The zero-order valence-electron chi connectivity index (χ0n) is 21.4. The number of hydrogen-bond acceptors (Lipinski definition) is 7. The molecule has 3 saturated heterocycles. The predicted molar refractivity (Wildman–Crippen MR) is 131 cm³/mol. The molecule has 198 valence electrons. The van der Waals surface area contributed by atoms with Gasteiger partial charge in [-0.2, -0.15) is 0 Å². The van der Waals surface area contributed by atoms with Crippen molar-refractivity contribution in [3.8, 4) is 5.75 Å². The van der Waals surface area contributed by atoms with E-state index < -0.39 is 42.3 Å². The molecular formula is C28H39NO7. The molecule has 3 aliphatic heterocycles. The van der Waals surface area contributed by atoms with Crippen LogP contribution in [0.5, 0.6) is 5.75 Å². The van der Waals surface area contributed by atoms with Gasteiger partial charge in [-0.05, 0) is 43.7 Å². The fraction of sp³-hybridized carbons (Fsp3) is 0.750. The van der Waals surface area contributed by atoms with Crippen LogP contribution in [-0.4, -0.2) is 54.8 Å². The fourth-order valence-corrected chi connectivity index (χ4v) is 6.32. The largest absolute Gasteiger partial charge is 0.491 e. The molecule has 1 N–H and O–H groups in total. The van der Waals surface area contributed by atoms with E-state index in [-0.39, 0.29) is 5.91 Å². The molecule has 8 heteroatoms. The average molecular weight is 502 g/mol. The Balaban J connectivity index is 1.25. The third kappa shape index (κ3) is 4.67. The molecule has 5 aliphatic rings. The second-order valence-electron chi connectivity index (χ2n) is 11.4. The number of ether oxygens (including phenoxy) is 6. The Bertz CT molecular complexity index is 940. The molecule has 1 aromatic carbocycles. The van der Waals surface area contributed by atoms with E-state index in [1.807, 2.05) is 24.3 Å². The summed E-state index contributed by atoms with van der Waals surface area (Å²) in [5.41, 5.74) is 0.615. The number of amides is 1. The van der Waals surface area contributed by atoms with E-state index in [4.69, 9.17) is 28.4 Å². The molecule has 1 aromatic rings. The van der Waals surface area contributed by atoms with Crippen molar-refractivity contribution in [3.05, 3.63) is 24.3 Å². The number of rotatable bonds is 5. The normalized spacial score (nSPS) is 34.5. The summed E-state index contributed by atoms with van der Waals surface area (Å²) in [5.74, 6) is -0.594. The van der Waals surface area contributed by atoms with Gasteiger partial charge in [-0.1, -0.05) is 38.8 Å². The van der Waals surface area contributed by atoms with E-state index in [0.717, 1.165) is 51.4 Å². The SMILES string of the molecule is CC(C)COc1ccccc1NC(=O)[C@H]1O[C@@H]2OC3(CCCCC3)O[C@@H]2[C@H]2OC3(CCCCC3)O[C@H]21. The summed E-state index contributed by atoms with van der Waals surface area (Å²) in [6, 6.07) is 7.49. The highest BCUT2D eigenvalue weighted by molar-refractivity contribution is 5.96. The smallest absolute Gasteiger partial charge is 0.256 e. The molecule has 0 aromatic heterocycles. The Kier molecular flexibility index (Phi) is 6.75. The lowest BCUT2D eigenvalue weighted by atomic mass is 9.94. The van der Waals surface area contributed by atoms with Crippen LogP contribution in [-0.2, 0) is 28.5 Å². The fourth-order valence-electron chi connectivity index (χ4n) is 6.32. The molecule has 2 spiro atoms. The second-order valence-corrected chi connectivity index (χ2v) is 11.4. The van der Waals surface area contributed by atoms with Crippen LogP contribution in [0.15, 0.2) is 24.3 Å². The Morgan fingerprint density at radius 1 is 0.889 bits per heavy atom. The van der Waals surface area contributed by atoms with E-state index in [2.05, 4.69) is 19.2 Å². The standard InChI is InChI=1S/C28H39NO7/c1-18(2)17-31-20-12-6-5-11-19(20)29-25(30)23-21-22(34-27(33-21)13-7-3-8-14-27)24-26(32-23)36-28(35-24)15-9-4-10-16-28/h5-6,11-12,18,21-24,26H,3-4,7-10,13-17H2,1-2H3,(H,29,30)/t21-,22+,23+,24-,26-/m1/s1. The van der Waals surface area contributed by atoms with Crippen LogP contribution < -0.4 is 10.1 Å². The third-order valence-electron chi connectivity index (χ3n) is 8.08. The number of fused-ring (bicyclic) bond motifs is 3. The predicted octanol–water partition coefficient (Wildman–Crippen LogP) is 4.91. The van der Waals surface area contributed by atoms with Gasteiger partial charge >= 0.3 is 0 Å². The van der Waals surface area contributed by atoms with Crippen molar-refractivity contribution < 1.29 is 33.2 Å². The number of anilines is 1. The molecular weight excluding hydrogens is 462 g/mol. The van der Waals surface area contributed by atoms with Crippen molar-refractivity contribution in [1.29, 1.82) is 0 Å². The summed E-state index contributed by atoms with van der Waals surface area (Å²) < 4.78 is 38.5. The lowest BCUT2D eigenvalue weighted by Gasteiger charge is -2.36. The lowest BCUT2D eigenvalue weighted by Crippen LogP contribution is -2.58. The molecule has 2 saturated carbocycles. The van der Waals surface area contributed by atoms with Gasteiger partial charge in [0.05, 0.1) is 12.3 Å². The highest BCUT2D eigenvalue weighted by atomic mass is 16.9. The zero-order chi connectivity index (χ0) is 24.8. The minimum Gasteiger partial charge on any atom is -0.491 e. The van der Waals surface area contributed by atoms with Crippen LogP contribution in [0.4, 0.5) is 5.69 Å². The van der Waals surface area contributed by atoms with Gasteiger partial charge in [-0.3, -0.25) is 4.79 Å². The van der Waals surface area contributed by atoms with Crippen molar-refractivity contribution in [2.75, 3.05) is 11.9 Å². The molecule has 5 fully saturated rings. The van der Waals surface area contributed by atoms with Crippen molar-refractivity contribution in [3.63, 3.8) is 0 Å². The second kappa shape index (κ2) is 9.87. The van der Waals surface area contributed by atoms with Crippen LogP contribution in [0.1, 0.15) is 78.1 Å². The zero-order valence-corrected chi connectivity index (χ0v) is 21.4. The molecule has 36 heavy (non-hydrogen) atoms. The Morgan fingerprint density at radius 3 is 2.19 bits per heavy atom. The van der Waals surface area contributed by atoms with Gasteiger partial charge in [0.1, 0.15) is 24.1 Å². The topological polar surface area (TPSA) is 84.5 Å². The van der Waals surface area contributed by atoms with Gasteiger partial charge in [0.2, 0.25) is 0 Å². The van der Waals surface area contributed by atoms with Gasteiger partial charge in [-0.15, -0.1) is 0 Å². The van der Waals surface area contributed by atoms with Crippen molar-refractivity contribution in [2.45, 2.75) is 120 Å². The van der Waals surface area contributed by atoms with E-state index >= 15 is 0 Å². The summed E-state index contributed by atoms with van der Waals surface area (Å²) in [6.07, 6.45) is 6.99. The van der Waals surface area contributed by atoms with Crippen LogP contribution in [0.25, 0.3) is 0 Å². The molecule has 1 amide bonds. The van der Waals surface area contributed by atoms with Gasteiger partial charge in [0.25, 0.3) is 5.91 Å². The summed E-state index contributed by atoms with van der Waals surface area (Å²) in [4.78, 5) is 13.7. The molecule has 5 atom stereocenters. The summed E-state index contributed by atoms with van der Waals surface area (Å²) in [6.45, 7) is 4.75. The first-order valence-electron chi connectivity index (χ1n) is 13.9. The minimum absolute atomic E-state index is 0.284. The van der Waals surface area contributed by atoms with E-state index in [0.29, 0.717) is 24.0 Å². The maximum Gasteiger partial charge on any atom is 0.256 e. The summed E-state index contributed by atoms with van der Waals surface area (Å²) in [7, 11) is 0. The van der Waals surface area contributed by atoms with E-state index in [1.54, 1.807) is 0 Å².